The predicted octanol–water partition coefficient (Wildman–Crippen LogP) is 2.97. The second-order valence-electron chi connectivity index (χ2n) is 8.69. The second kappa shape index (κ2) is 9.88. The molecule has 33 heavy (non-hydrogen) atoms. The van der Waals surface area contributed by atoms with Crippen molar-refractivity contribution in [2.75, 3.05) is 19.0 Å². The van der Waals surface area contributed by atoms with Gasteiger partial charge < -0.3 is 21.1 Å². The summed E-state index contributed by atoms with van der Waals surface area (Å²) in [5, 5.41) is 4.53. The Labute approximate surface area is 187 Å². The summed E-state index contributed by atoms with van der Waals surface area (Å²) in [7, 11) is 1.37. The van der Waals surface area contributed by atoms with Gasteiger partial charge in [0.15, 0.2) is 0 Å². The van der Waals surface area contributed by atoms with Crippen molar-refractivity contribution in [1.29, 1.82) is 0 Å². The Morgan fingerprint density at radius 1 is 1.36 bits per heavy atom. The molecule has 1 aromatic rings. The van der Waals surface area contributed by atoms with E-state index in [9.17, 15) is 31.5 Å². The van der Waals surface area contributed by atoms with Crippen molar-refractivity contribution in [3.8, 4) is 0 Å². The van der Waals surface area contributed by atoms with Gasteiger partial charge in [-0.2, -0.15) is 13.2 Å². The molecule has 2 amide bonds. The number of pyridine rings is 1. The van der Waals surface area contributed by atoms with E-state index in [1.165, 1.54) is 25.4 Å². The average molecular weight is 478 g/mol. The highest BCUT2D eigenvalue weighted by atomic mass is 19.4. The largest absolute Gasteiger partial charge is 0.408 e. The minimum Gasteiger partial charge on any atom is -0.384 e. The van der Waals surface area contributed by atoms with Gasteiger partial charge in [-0.15, -0.1) is 0 Å². The van der Waals surface area contributed by atoms with Crippen LogP contribution in [0.3, 0.4) is 0 Å². The maximum absolute atomic E-state index is 13.4. The predicted molar refractivity (Wildman–Crippen MR) is 108 cm³/mol. The third-order valence-electron chi connectivity index (χ3n) is 6.41. The van der Waals surface area contributed by atoms with Gasteiger partial charge in [0.2, 0.25) is 17.7 Å². The number of hydrogen-bond acceptors (Lipinski definition) is 5. The molecule has 0 aromatic carbocycles. The SMILES string of the molecule is COC[C@@H](c1ccnc(NC(=O)[C@@H](N)C2CCC(F)(F)CC2)c1)[C@H]1C[C@@H](C(F)(F)F)NC1=O. The number of carbonyl (C=O) groups is 2. The molecule has 0 unspecified atom stereocenters. The molecule has 2 aliphatic rings. The Hall–Kier alpha value is -2.34. The summed E-state index contributed by atoms with van der Waals surface area (Å²) in [5.41, 5.74) is 6.45. The van der Waals surface area contributed by atoms with Gasteiger partial charge in [0.05, 0.1) is 12.6 Å². The maximum Gasteiger partial charge on any atom is 0.408 e. The fraction of sp³-hybridized carbons (Fsp3) is 0.667. The average Bonchev–Trinajstić information content (AvgIpc) is 3.13. The highest BCUT2D eigenvalue weighted by Gasteiger charge is 2.50. The van der Waals surface area contributed by atoms with Crippen LogP contribution in [0.15, 0.2) is 18.3 Å². The number of halogens is 5. The van der Waals surface area contributed by atoms with Crippen LogP contribution < -0.4 is 16.4 Å². The number of alkyl halides is 5. The van der Waals surface area contributed by atoms with Crippen LogP contribution in [0.5, 0.6) is 0 Å². The van der Waals surface area contributed by atoms with Crippen LogP contribution in [0.1, 0.15) is 43.6 Å². The molecule has 2 heterocycles. The summed E-state index contributed by atoms with van der Waals surface area (Å²) in [6.07, 6.45) is -4.03. The number of anilines is 1. The molecular weight excluding hydrogens is 451 g/mol. The third kappa shape index (κ3) is 6.17. The number of methoxy groups -OCH3 is 1. The van der Waals surface area contributed by atoms with Crippen molar-refractivity contribution in [3.05, 3.63) is 23.9 Å². The lowest BCUT2D eigenvalue weighted by Crippen LogP contribution is -2.44. The van der Waals surface area contributed by atoms with E-state index in [-0.39, 0.29) is 38.1 Å². The van der Waals surface area contributed by atoms with Crippen molar-refractivity contribution in [1.82, 2.24) is 10.3 Å². The number of aromatic nitrogens is 1. The number of ether oxygens (including phenoxy) is 1. The topological polar surface area (TPSA) is 106 Å². The lowest BCUT2D eigenvalue weighted by Gasteiger charge is -2.31. The first-order valence-corrected chi connectivity index (χ1v) is 10.7. The van der Waals surface area contributed by atoms with Crippen LogP contribution >= 0.6 is 0 Å². The van der Waals surface area contributed by atoms with Crippen LogP contribution in [0, 0.1) is 11.8 Å². The summed E-state index contributed by atoms with van der Waals surface area (Å²) in [6, 6.07) is 0.0551. The van der Waals surface area contributed by atoms with Crippen LogP contribution in [0.25, 0.3) is 0 Å². The Balaban J connectivity index is 1.70. The normalized spacial score (nSPS) is 25.4. The van der Waals surface area contributed by atoms with Crippen molar-refractivity contribution >= 4 is 17.6 Å². The molecule has 1 aromatic heterocycles. The Bertz CT molecular complexity index is 857. The molecule has 0 radical (unpaired) electrons. The number of amides is 2. The maximum atomic E-state index is 13.4. The molecule has 1 saturated carbocycles. The first kappa shape index (κ1) is 25.3. The molecule has 1 saturated heterocycles. The summed E-state index contributed by atoms with van der Waals surface area (Å²) in [5.74, 6) is -6.02. The summed E-state index contributed by atoms with van der Waals surface area (Å²) >= 11 is 0. The molecule has 1 aliphatic heterocycles. The van der Waals surface area contributed by atoms with E-state index in [0.29, 0.717) is 5.56 Å². The summed E-state index contributed by atoms with van der Waals surface area (Å²) < 4.78 is 71.1. The smallest absolute Gasteiger partial charge is 0.384 e. The number of hydrogen-bond donors (Lipinski definition) is 3. The number of nitrogens with one attached hydrogen (secondary N) is 2. The van der Waals surface area contributed by atoms with Crippen molar-refractivity contribution < 1.29 is 36.3 Å². The molecule has 4 atom stereocenters. The van der Waals surface area contributed by atoms with E-state index in [0.717, 1.165) is 0 Å². The van der Waals surface area contributed by atoms with E-state index < -0.39 is 60.2 Å². The zero-order valence-electron chi connectivity index (χ0n) is 18.0. The van der Waals surface area contributed by atoms with Gasteiger partial charge in [-0.3, -0.25) is 9.59 Å². The van der Waals surface area contributed by atoms with E-state index in [4.69, 9.17) is 10.5 Å². The lowest BCUT2D eigenvalue weighted by atomic mass is 9.82. The van der Waals surface area contributed by atoms with Gasteiger partial charge in [0.1, 0.15) is 11.9 Å². The lowest BCUT2D eigenvalue weighted by molar-refractivity contribution is -0.155. The monoisotopic (exact) mass is 478 g/mol. The molecular formula is C21H27F5N4O3. The van der Waals surface area contributed by atoms with Gasteiger partial charge >= 0.3 is 6.18 Å². The van der Waals surface area contributed by atoms with E-state index >= 15 is 0 Å². The summed E-state index contributed by atoms with van der Waals surface area (Å²) in [6.45, 7) is -0.0180. The summed E-state index contributed by atoms with van der Waals surface area (Å²) in [4.78, 5) is 28.9. The zero-order valence-corrected chi connectivity index (χ0v) is 18.0. The van der Waals surface area contributed by atoms with Crippen molar-refractivity contribution in [2.45, 2.75) is 62.2 Å². The molecule has 7 nitrogen and oxygen atoms in total. The molecule has 2 fully saturated rings. The molecule has 1 aliphatic carbocycles. The number of rotatable bonds is 7. The first-order chi connectivity index (χ1) is 15.4. The van der Waals surface area contributed by atoms with E-state index in [2.05, 4.69) is 10.3 Å². The Morgan fingerprint density at radius 2 is 2.03 bits per heavy atom. The molecule has 12 heteroatoms. The van der Waals surface area contributed by atoms with Gasteiger partial charge in [-0.1, -0.05) is 0 Å². The molecule has 3 rings (SSSR count). The zero-order chi connectivity index (χ0) is 24.4. The van der Waals surface area contributed by atoms with Crippen molar-refractivity contribution in [3.63, 3.8) is 0 Å². The highest BCUT2D eigenvalue weighted by molar-refractivity contribution is 5.94. The molecule has 0 spiro atoms. The van der Waals surface area contributed by atoms with Crippen LogP contribution in [-0.4, -0.2) is 54.7 Å². The van der Waals surface area contributed by atoms with Gasteiger partial charge in [0, 0.05) is 38.0 Å². The van der Waals surface area contributed by atoms with Crippen molar-refractivity contribution in [2.24, 2.45) is 17.6 Å². The fourth-order valence-corrected chi connectivity index (χ4v) is 4.48. The Morgan fingerprint density at radius 3 is 2.61 bits per heavy atom. The standard InChI is InChI=1S/C21H27F5N4O3/c1-33-10-14(13-9-15(21(24,25)26)29-18(13)31)12-4-7-28-16(8-12)30-19(32)17(27)11-2-5-20(22,23)6-3-11/h4,7-8,11,13-15,17H,2-3,5-6,9-10,27H2,1H3,(H,29,31)(H,28,30,32)/t13-,14+,15+,17+/m1/s1. The number of nitrogens with zero attached hydrogens (tertiary/aromatic N) is 1. The first-order valence-electron chi connectivity index (χ1n) is 10.7. The molecule has 0 bridgehead atoms. The highest BCUT2D eigenvalue weighted by Crippen LogP contribution is 2.39. The Kier molecular flexibility index (Phi) is 7.57. The minimum atomic E-state index is -4.56. The van der Waals surface area contributed by atoms with Gasteiger partial charge in [-0.25, -0.2) is 13.8 Å². The van der Waals surface area contributed by atoms with Crippen LogP contribution in [0.4, 0.5) is 27.8 Å². The fourth-order valence-electron chi connectivity index (χ4n) is 4.48. The van der Waals surface area contributed by atoms with Crippen LogP contribution in [0.2, 0.25) is 0 Å². The van der Waals surface area contributed by atoms with E-state index in [1.54, 1.807) is 0 Å². The molecule has 184 valence electrons. The quantitative estimate of drug-likeness (QED) is 0.523. The second-order valence-corrected chi connectivity index (χ2v) is 8.69. The van der Waals surface area contributed by atoms with Crippen LogP contribution in [-0.2, 0) is 14.3 Å². The van der Waals surface area contributed by atoms with Gasteiger partial charge in [0.25, 0.3) is 0 Å². The minimum absolute atomic E-state index is 0.0180. The van der Waals surface area contributed by atoms with Gasteiger partial charge in [-0.05, 0) is 42.9 Å². The van der Waals surface area contributed by atoms with E-state index in [1.807, 2.05) is 5.32 Å². The number of carbonyl (C=O) groups excluding carboxylic acids is 2. The third-order valence-corrected chi connectivity index (χ3v) is 6.41. The molecule has 4 N–H and O–H groups in total. The number of nitrogens with two attached hydrogens (primary N) is 1.